The number of nitrogens with one attached hydrogen (secondary N) is 2. The van der Waals surface area contributed by atoms with E-state index in [-0.39, 0.29) is 16.9 Å². The lowest BCUT2D eigenvalue weighted by atomic mass is 10.2. The van der Waals surface area contributed by atoms with Gasteiger partial charge in [0.25, 0.3) is 0 Å². The van der Waals surface area contributed by atoms with Crippen molar-refractivity contribution in [2.24, 2.45) is 5.92 Å². The zero-order valence-corrected chi connectivity index (χ0v) is 16.2. The summed E-state index contributed by atoms with van der Waals surface area (Å²) in [6.07, 6.45) is 0. The maximum absolute atomic E-state index is 11.7. The van der Waals surface area contributed by atoms with Crippen LogP contribution in [0.4, 0.5) is 5.69 Å². The number of benzene rings is 2. The van der Waals surface area contributed by atoms with E-state index in [1.54, 1.807) is 32.0 Å². The number of thiocarbonyl (C=S) groups is 1. The second-order valence-corrected chi connectivity index (χ2v) is 7.10. The largest absolute Gasteiger partial charge is 0.436 e. The van der Waals surface area contributed by atoms with Crippen molar-refractivity contribution in [1.82, 2.24) is 10.3 Å². The molecule has 1 aromatic heterocycles. The molecule has 0 aliphatic carbocycles. The van der Waals surface area contributed by atoms with E-state index in [4.69, 9.17) is 28.2 Å². The minimum atomic E-state index is -0.154. The zero-order valence-electron chi connectivity index (χ0n) is 14.6. The Kier molecular flexibility index (Phi) is 5.25. The molecule has 0 saturated carbocycles. The average molecular weight is 388 g/mol. The molecule has 1 heterocycles. The number of nitrogens with zero attached hydrogens (tertiary/aromatic N) is 1. The predicted molar refractivity (Wildman–Crippen MR) is 108 cm³/mol. The van der Waals surface area contributed by atoms with Gasteiger partial charge in [-0.3, -0.25) is 4.79 Å². The molecule has 0 aliphatic heterocycles. The molecule has 7 heteroatoms. The molecule has 3 rings (SSSR count). The lowest BCUT2D eigenvalue weighted by Crippen LogP contribution is -2.36. The molecule has 0 radical (unpaired) electrons. The summed E-state index contributed by atoms with van der Waals surface area (Å²) in [5.74, 6) is 0.126. The van der Waals surface area contributed by atoms with Gasteiger partial charge in [-0.05, 0) is 55.0 Å². The summed E-state index contributed by atoms with van der Waals surface area (Å²) in [6, 6.07) is 11.1. The number of anilines is 1. The van der Waals surface area contributed by atoms with Crippen molar-refractivity contribution in [2.45, 2.75) is 20.8 Å². The third-order valence-electron chi connectivity index (χ3n) is 3.76. The zero-order chi connectivity index (χ0) is 18.8. The Labute approximate surface area is 161 Å². The summed E-state index contributed by atoms with van der Waals surface area (Å²) in [5.41, 5.74) is 3.89. The fraction of sp³-hybridized carbons (Fsp3) is 0.211. The lowest BCUT2D eigenvalue weighted by Gasteiger charge is -2.12. The van der Waals surface area contributed by atoms with Crippen molar-refractivity contribution in [1.29, 1.82) is 0 Å². The summed E-state index contributed by atoms with van der Waals surface area (Å²) in [4.78, 5) is 16.2. The first-order valence-corrected chi connectivity index (χ1v) is 8.91. The third-order valence-corrected chi connectivity index (χ3v) is 4.29. The quantitative estimate of drug-likeness (QED) is 0.624. The molecule has 0 atom stereocenters. The number of hydrogen-bond donors (Lipinski definition) is 2. The van der Waals surface area contributed by atoms with Crippen LogP contribution in [-0.2, 0) is 4.79 Å². The van der Waals surface area contributed by atoms with Crippen LogP contribution in [0.3, 0.4) is 0 Å². The van der Waals surface area contributed by atoms with Gasteiger partial charge in [-0.2, -0.15) is 0 Å². The molecule has 2 N–H and O–H groups in total. The Bertz CT molecular complexity index is 998. The van der Waals surface area contributed by atoms with E-state index in [0.29, 0.717) is 27.7 Å². The summed E-state index contributed by atoms with van der Waals surface area (Å²) < 4.78 is 5.82. The summed E-state index contributed by atoms with van der Waals surface area (Å²) in [5, 5.41) is 6.36. The van der Waals surface area contributed by atoms with Crippen molar-refractivity contribution in [2.75, 3.05) is 5.32 Å². The van der Waals surface area contributed by atoms with Crippen LogP contribution in [0.25, 0.3) is 22.6 Å². The van der Waals surface area contributed by atoms with Gasteiger partial charge < -0.3 is 15.1 Å². The molecule has 134 valence electrons. The number of fused-ring (bicyclic) bond motifs is 1. The van der Waals surface area contributed by atoms with Gasteiger partial charge in [0, 0.05) is 11.6 Å². The fourth-order valence-corrected chi connectivity index (χ4v) is 2.75. The predicted octanol–water partition coefficient (Wildman–Crippen LogP) is 4.93. The van der Waals surface area contributed by atoms with Crippen molar-refractivity contribution in [3.8, 4) is 11.5 Å². The van der Waals surface area contributed by atoms with Crippen LogP contribution in [0.15, 0.2) is 40.8 Å². The van der Waals surface area contributed by atoms with E-state index in [9.17, 15) is 4.79 Å². The SMILES string of the molecule is Cc1ccc2oc(-c3cc(NC(=S)NC(=O)C(C)C)ccc3Cl)nc2c1. The van der Waals surface area contributed by atoms with Crippen molar-refractivity contribution >= 4 is 51.6 Å². The smallest absolute Gasteiger partial charge is 0.228 e. The Morgan fingerprint density at radius 1 is 1.23 bits per heavy atom. The van der Waals surface area contributed by atoms with Crippen LogP contribution in [-0.4, -0.2) is 16.0 Å². The molecule has 0 bridgehead atoms. The Balaban J connectivity index is 1.87. The molecule has 0 spiro atoms. The molecule has 3 aromatic rings. The van der Waals surface area contributed by atoms with Gasteiger partial charge in [0.15, 0.2) is 10.7 Å². The summed E-state index contributed by atoms with van der Waals surface area (Å²) >= 11 is 11.5. The van der Waals surface area contributed by atoms with Gasteiger partial charge in [-0.1, -0.05) is 31.5 Å². The molecule has 1 amide bonds. The molecule has 0 unspecified atom stereocenters. The molecular weight excluding hydrogens is 370 g/mol. The second-order valence-electron chi connectivity index (χ2n) is 6.28. The molecular formula is C19H18ClN3O2S. The van der Waals surface area contributed by atoms with Gasteiger partial charge >= 0.3 is 0 Å². The van der Waals surface area contributed by atoms with Crippen LogP contribution < -0.4 is 10.6 Å². The van der Waals surface area contributed by atoms with Crippen molar-refractivity contribution in [3.05, 3.63) is 47.0 Å². The number of halogens is 1. The molecule has 0 saturated heterocycles. The average Bonchev–Trinajstić information content (AvgIpc) is 2.99. The minimum absolute atomic E-state index is 0.147. The fourth-order valence-electron chi connectivity index (χ4n) is 2.34. The number of aromatic nitrogens is 1. The molecule has 0 aliphatic rings. The number of aryl methyl sites for hydroxylation is 1. The van der Waals surface area contributed by atoms with Gasteiger partial charge in [0.1, 0.15) is 5.52 Å². The highest BCUT2D eigenvalue weighted by atomic mass is 35.5. The van der Waals surface area contributed by atoms with Crippen LogP contribution in [0, 0.1) is 12.8 Å². The monoisotopic (exact) mass is 387 g/mol. The number of rotatable bonds is 3. The van der Waals surface area contributed by atoms with E-state index >= 15 is 0 Å². The standard InChI is InChI=1S/C19H18ClN3O2S/c1-10(2)17(24)23-19(26)21-12-5-6-14(20)13(9-12)18-22-15-8-11(3)4-7-16(15)25-18/h4-10H,1-3H3,(H2,21,23,24,26). The summed E-state index contributed by atoms with van der Waals surface area (Å²) in [7, 11) is 0. The summed E-state index contributed by atoms with van der Waals surface area (Å²) in [6.45, 7) is 5.60. The second kappa shape index (κ2) is 7.43. The van der Waals surface area contributed by atoms with Crippen LogP contribution in [0.5, 0.6) is 0 Å². The first-order chi connectivity index (χ1) is 12.3. The third kappa shape index (κ3) is 4.03. The molecule has 0 fully saturated rings. The molecule has 5 nitrogen and oxygen atoms in total. The van der Waals surface area contributed by atoms with Crippen molar-refractivity contribution in [3.63, 3.8) is 0 Å². The lowest BCUT2D eigenvalue weighted by molar-refractivity contribution is -0.122. The van der Waals surface area contributed by atoms with Crippen molar-refractivity contribution < 1.29 is 9.21 Å². The highest BCUT2D eigenvalue weighted by Gasteiger charge is 2.14. The Morgan fingerprint density at radius 3 is 2.73 bits per heavy atom. The van der Waals surface area contributed by atoms with E-state index < -0.39 is 0 Å². The van der Waals surface area contributed by atoms with E-state index in [2.05, 4.69) is 15.6 Å². The normalized spacial score (nSPS) is 11.0. The van der Waals surface area contributed by atoms with Gasteiger partial charge in [-0.15, -0.1) is 0 Å². The van der Waals surface area contributed by atoms with Gasteiger partial charge in [0.05, 0.1) is 10.6 Å². The first kappa shape index (κ1) is 18.4. The maximum atomic E-state index is 11.7. The highest BCUT2D eigenvalue weighted by molar-refractivity contribution is 7.80. The van der Waals surface area contributed by atoms with Gasteiger partial charge in [-0.25, -0.2) is 4.98 Å². The number of carbonyl (C=O) groups excluding carboxylic acids is 1. The van der Waals surface area contributed by atoms with Gasteiger partial charge in [0.2, 0.25) is 11.8 Å². The topological polar surface area (TPSA) is 67.2 Å². The maximum Gasteiger partial charge on any atom is 0.228 e. The van der Waals surface area contributed by atoms with E-state index in [1.807, 2.05) is 25.1 Å². The molecule has 2 aromatic carbocycles. The number of oxazole rings is 1. The minimum Gasteiger partial charge on any atom is -0.436 e. The Hall–Kier alpha value is -2.44. The van der Waals surface area contributed by atoms with Crippen LogP contribution >= 0.6 is 23.8 Å². The molecule has 26 heavy (non-hydrogen) atoms. The van der Waals surface area contributed by atoms with E-state index in [0.717, 1.165) is 11.1 Å². The number of amides is 1. The number of hydrogen-bond acceptors (Lipinski definition) is 4. The first-order valence-electron chi connectivity index (χ1n) is 8.12. The van der Waals surface area contributed by atoms with Crippen LogP contribution in [0.1, 0.15) is 19.4 Å². The van der Waals surface area contributed by atoms with Crippen LogP contribution in [0.2, 0.25) is 5.02 Å². The Morgan fingerprint density at radius 2 is 2.00 bits per heavy atom. The highest BCUT2D eigenvalue weighted by Crippen LogP contribution is 2.32. The number of carbonyl (C=O) groups is 1. The van der Waals surface area contributed by atoms with E-state index in [1.165, 1.54) is 0 Å².